The third-order valence-corrected chi connectivity index (χ3v) is 6.22. The molecule has 28 heavy (non-hydrogen) atoms. The number of amides is 3. The Morgan fingerprint density at radius 2 is 1.96 bits per heavy atom. The number of hydrogen-bond acceptors (Lipinski definition) is 7. The lowest BCUT2D eigenvalue weighted by Gasteiger charge is -2.11. The van der Waals surface area contributed by atoms with Gasteiger partial charge >= 0.3 is 5.97 Å². The quantitative estimate of drug-likeness (QED) is 0.398. The molecule has 0 saturated carbocycles. The molecule has 1 aromatic rings. The van der Waals surface area contributed by atoms with Crippen molar-refractivity contribution in [2.75, 3.05) is 24.7 Å². The Kier molecular flexibility index (Phi) is 5.32. The van der Waals surface area contributed by atoms with Gasteiger partial charge < -0.3 is 10.1 Å². The lowest BCUT2D eigenvalue weighted by molar-refractivity contribution is -0.124. The highest BCUT2D eigenvalue weighted by Gasteiger charge is 2.35. The van der Waals surface area contributed by atoms with Gasteiger partial charge in [-0.15, -0.1) is 6.58 Å². The molecule has 1 N–H and O–H groups in total. The maximum absolute atomic E-state index is 12.3. The topological polar surface area (TPSA) is 127 Å². The van der Waals surface area contributed by atoms with Crippen LogP contribution in [-0.4, -0.2) is 67.7 Å². The van der Waals surface area contributed by atoms with Crippen molar-refractivity contribution in [1.29, 1.82) is 0 Å². The second-order valence-electron chi connectivity index (χ2n) is 6.51. The van der Waals surface area contributed by atoms with Crippen LogP contribution in [0.3, 0.4) is 0 Å². The van der Waals surface area contributed by atoms with Crippen molar-refractivity contribution >= 4 is 33.5 Å². The van der Waals surface area contributed by atoms with Crippen molar-refractivity contribution in [2.45, 2.75) is 12.5 Å². The van der Waals surface area contributed by atoms with E-state index >= 15 is 0 Å². The third kappa shape index (κ3) is 3.96. The molecule has 0 bridgehead atoms. The van der Waals surface area contributed by atoms with E-state index in [2.05, 4.69) is 11.9 Å². The average Bonchev–Trinajstić information content (AvgIpc) is 3.11. The summed E-state index contributed by atoms with van der Waals surface area (Å²) in [5, 5.41) is 2.51. The fourth-order valence-electron chi connectivity index (χ4n) is 3.11. The van der Waals surface area contributed by atoms with Gasteiger partial charge in [-0.2, -0.15) is 0 Å². The smallest absolute Gasteiger partial charge is 0.338 e. The second-order valence-corrected chi connectivity index (χ2v) is 8.74. The van der Waals surface area contributed by atoms with E-state index in [1.807, 2.05) is 0 Å². The van der Waals surface area contributed by atoms with Crippen LogP contribution >= 0.6 is 0 Å². The molecule has 1 aromatic carbocycles. The first kappa shape index (κ1) is 19.7. The van der Waals surface area contributed by atoms with Gasteiger partial charge in [0, 0.05) is 12.6 Å². The Balaban J connectivity index is 1.60. The van der Waals surface area contributed by atoms with Crippen LogP contribution < -0.4 is 5.32 Å². The molecule has 0 spiro atoms. The van der Waals surface area contributed by atoms with Crippen molar-refractivity contribution in [3.05, 3.63) is 47.5 Å². The first-order chi connectivity index (χ1) is 13.2. The number of benzene rings is 1. The van der Waals surface area contributed by atoms with Crippen LogP contribution in [0.25, 0.3) is 0 Å². The first-order valence-corrected chi connectivity index (χ1v) is 10.3. The highest BCUT2D eigenvalue weighted by Crippen LogP contribution is 2.24. The molecule has 1 fully saturated rings. The Morgan fingerprint density at radius 1 is 1.25 bits per heavy atom. The molecule has 0 aromatic heterocycles. The summed E-state index contributed by atoms with van der Waals surface area (Å²) in [6.07, 6.45) is 1.75. The van der Waals surface area contributed by atoms with Crippen LogP contribution in [0.4, 0.5) is 0 Å². The number of rotatable bonds is 6. The summed E-state index contributed by atoms with van der Waals surface area (Å²) in [5.74, 6) is -2.56. The number of nitrogens with one attached hydrogen (secondary N) is 1. The number of carbonyl (C=O) groups is 4. The lowest BCUT2D eigenvalue weighted by atomic mass is 10.1. The van der Waals surface area contributed by atoms with Gasteiger partial charge in [0.1, 0.15) is 0 Å². The van der Waals surface area contributed by atoms with Gasteiger partial charge in [0.05, 0.1) is 28.2 Å². The number of esters is 1. The van der Waals surface area contributed by atoms with Crippen LogP contribution in [0.2, 0.25) is 0 Å². The maximum Gasteiger partial charge on any atom is 0.338 e. The van der Waals surface area contributed by atoms with Crippen molar-refractivity contribution in [3.63, 3.8) is 0 Å². The summed E-state index contributed by atoms with van der Waals surface area (Å²) in [5.41, 5.74) is 0.294. The molecule has 0 aliphatic carbocycles. The van der Waals surface area contributed by atoms with Crippen LogP contribution in [-0.2, 0) is 19.4 Å². The monoisotopic (exact) mass is 406 g/mol. The Hall–Kier alpha value is -3.01. The molecule has 2 heterocycles. The largest absolute Gasteiger partial charge is 0.452 e. The number of carbonyl (C=O) groups excluding carboxylic acids is 4. The summed E-state index contributed by atoms with van der Waals surface area (Å²) in [7, 11) is -3.13. The standard InChI is InChI=1S/C18H18N2O7S/c1-2-6-20-16(22)13-4-3-11(8-14(13)17(20)23)18(24)27-9-15(21)19-12-5-7-28(25,26)10-12/h2-4,8,12H,1,5-7,9-10H2,(H,19,21)/t12-/m0/s1. The molecule has 1 atom stereocenters. The van der Waals surface area contributed by atoms with Crippen LogP contribution in [0, 0.1) is 0 Å². The number of hydrogen-bond donors (Lipinski definition) is 1. The van der Waals surface area contributed by atoms with E-state index in [9.17, 15) is 27.6 Å². The Bertz CT molecular complexity index is 984. The molecule has 0 radical (unpaired) electrons. The van der Waals surface area contributed by atoms with Gasteiger partial charge in [0.2, 0.25) is 0 Å². The van der Waals surface area contributed by atoms with Gasteiger partial charge in [-0.25, -0.2) is 13.2 Å². The molecular formula is C18H18N2O7S. The van der Waals surface area contributed by atoms with Gasteiger partial charge in [0.15, 0.2) is 16.4 Å². The minimum atomic E-state index is -3.13. The van der Waals surface area contributed by atoms with Crippen molar-refractivity contribution < 1.29 is 32.3 Å². The summed E-state index contributed by atoms with van der Waals surface area (Å²) >= 11 is 0. The van der Waals surface area contributed by atoms with E-state index in [-0.39, 0.29) is 34.7 Å². The molecule has 2 aliphatic rings. The molecule has 0 unspecified atom stereocenters. The van der Waals surface area contributed by atoms with E-state index in [1.54, 1.807) is 0 Å². The van der Waals surface area contributed by atoms with Crippen LogP contribution in [0.15, 0.2) is 30.9 Å². The van der Waals surface area contributed by atoms with Gasteiger partial charge in [-0.3, -0.25) is 19.3 Å². The lowest BCUT2D eigenvalue weighted by Crippen LogP contribution is -2.38. The highest BCUT2D eigenvalue weighted by molar-refractivity contribution is 7.91. The van der Waals surface area contributed by atoms with Gasteiger partial charge in [0.25, 0.3) is 17.7 Å². The first-order valence-electron chi connectivity index (χ1n) is 8.50. The van der Waals surface area contributed by atoms with Crippen LogP contribution in [0.5, 0.6) is 0 Å². The van der Waals surface area contributed by atoms with E-state index in [4.69, 9.17) is 4.74 Å². The van der Waals surface area contributed by atoms with Gasteiger partial charge in [-0.05, 0) is 24.6 Å². The molecule has 2 aliphatic heterocycles. The fourth-order valence-corrected chi connectivity index (χ4v) is 4.78. The molecular weight excluding hydrogens is 388 g/mol. The minimum absolute atomic E-state index is 0.0163. The number of ether oxygens (including phenoxy) is 1. The molecule has 3 rings (SSSR count). The highest BCUT2D eigenvalue weighted by atomic mass is 32.2. The Labute approximate surface area is 161 Å². The summed E-state index contributed by atoms with van der Waals surface area (Å²) in [4.78, 5) is 49.4. The molecule has 148 valence electrons. The number of imide groups is 1. The molecule has 1 saturated heterocycles. The van der Waals surface area contributed by atoms with E-state index in [0.717, 1.165) is 4.90 Å². The minimum Gasteiger partial charge on any atom is -0.452 e. The van der Waals surface area contributed by atoms with Crippen molar-refractivity contribution in [3.8, 4) is 0 Å². The molecule has 3 amide bonds. The number of nitrogens with zero attached hydrogens (tertiary/aromatic N) is 1. The third-order valence-electron chi connectivity index (χ3n) is 4.45. The summed E-state index contributed by atoms with van der Waals surface area (Å²) in [6, 6.07) is 3.46. The van der Waals surface area contributed by atoms with Crippen molar-refractivity contribution in [1.82, 2.24) is 10.2 Å². The summed E-state index contributed by atoms with van der Waals surface area (Å²) < 4.78 is 27.7. The predicted octanol–water partition coefficient (Wildman–Crippen LogP) is -0.0713. The van der Waals surface area contributed by atoms with Crippen LogP contribution in [0.1, 0.15) is 37.5 Å². The SMILES string of the molecule is C=CCN1C(=O)c2ccc(C(=O)OCC(=O)N[C@H]3CCS(=O)(=O)C3)cc2C1=O. The second kappa shape index (κ2) is 7.55. The number of fused-ring (bicyclic) bond motifs is 1. The zero-order valence-corrected chi connectivity index (χ0v) is 15.7. The normalized spacial score (nSPS) is 20.0. The molecule has 10 heteroatoms. The number of sulfone groups is 1. The zero-order chi connectivity index (χ0) is 20.5. The van der Waals surface area contributed by atoms with E-state index < -0.39 is 46.2 Å². The zero-order valence-electron chi connectivity index (χ0n) is 14.8. The summed E-state index contributed by atoms with van der Waals surface area (Å²) in [6.45, 7) is 2.97. The average molecular weight is 406 g/mol. The van der Waals surface area contributed by atoms with Crippen molar-refractivity contribution in [2.24, 2.45) is 0 Å². The van der Waals surface area contributed by atoms with Gasteiger partial charge in [-0.1, -0.05) is 6.08 Å². The Morgan fingerprint density at radius 3 is 2.61 bits per heavy atom. The predicted molar refractivity (Wildman–Crippen MR) is 97.5 cm³/mol. The maximum atomic E-state index is 12.3. The fraction of sp³-hybridized carbons (Fsp3) is 0.333. The molecule has 9 nitrogen and oxygen atoms in total. The van der Waals surface area contributed by atoms with E-state index in [1.165, 1.54) is 24.3 Å². The van der Waals surface area contributed by atoms with E-state index in [0.29, 0.717) is 6.42 Å².